The summed E-state index contributed by atoms with van der Waals surface area (Å²) in [6, 6.07) is 3.28. The van der Waals surface area contributed by atoms with Gasteiger partial charge in [0.05, 0.1) is 18.3 Å². The molecule has 0 spiro atoms. The van der Waals surface area contributed by atoms with E-state index < -0.39 is 11.4 Å². The Hall–Kier alpha value is -1.62. The van der Waals surface area contributed by atoms with Crippen molar-refractivity contribution in [1.82, 2.24) is 4.98 Å². The lowest BCUT2D eigenvalue weighted by Gasteiger charge is -2.35. The number of carbonyl (C=O) groups excluding carboxylic acids is 1. The number of pyridine rings is 1. The molecule has 1 saturated carbocycles. The van der Waals surface area contributed by atoms with Gasteiger partial charge in [0.25, 0.3) is 0 Å². The Kier molecular flexibility index (Phi) is 5.17. The maximum absolute atomic E-state index is 12.2. The van der Waals surface area contributed by atoms with E-state index >= 15 is 0 Å². The fraction of sp³-hybridized carbons (Fsp3) is 0.533. The molecule has 2 N–H and O–H groups in total. The molecule has 1 aliphatic carbocycles. The average Bonchev–Trinajstić information content (AvgIpc) is 2.41. The van der Waals surface area contributed by atoms with Crippen LogP contribution in [0.3, 0.4) is 0 Å². The van der Waals surface area contributed by atoms with E-state index in [-0.39, 0.29) is 18.7 Å². The first-order chi connectivity index (χ1) is 9.99. The summed E-state index contributed by atoms with van der Waals surface area (Å²) in [5.74, 6) is -1.000. The second-order valence-electron chi connectivity index (χ2n) is 5.73. The quantitative estimate of drug-likeness (QED) is 0.816. The highest BCUT2D eigenvalue weighted by Crippen LogP contribution is 2.42. The number of aliphatic carboxylic acids is 1. The molecule has 2 rings (SSSR count). The van der Waals surface area contributed by atoms with E-state index in [4.69, 9.17) is 16.7 Å². The standard InChI is InChI=1S/C15H19ClN2O3/c16-12-5-4-11(10-17-12)18-13(19)8-15(9-14(20)21)6-2-1-3-7-15/h4-5,10H,1-3,6-9H2,(H,18,19)(H,20,21). The molecule has 0 radical (unpaired) electrons. The molecule has 0 saturated heterocycles. The van der Waals surface area contributed by atoms with E-state index in [2.05, 4.69) is 10.3 Å². The second kappa shape index (κ2) is 6.89. The van der Waals surface area contributed by atoms with Gasteiger partial charge in [0.15, 0.2) is 0 Å². The third-order valence-electron chi connectivity index (χ3n) is 3.99. The van der Waals surface area contributed by atoms with Crippen LogP contribution < -0.4 is 5.32 Å². The monoisotopic (exact) mass is 310 g/mol. The number of halogens is 1. The number of amides is 1. The number of hydrogen-bond donors (Lipinski definition) is 2. The maximum Gasteiger partial charge on any atom is 0.303 e. The van der Waals surface area contributed by atoms with Crippen molar-refractivity contribution in [3.8, 4) is 0 Å². The van der Waals surface area contributed by atoms with Crippen LogP contribution in [0.5, 0.6) is 0 Å². The summed E-state index contributed by atoms with van der Waals surface area (Å²) in [5, 5.41) is 12.2. The number of anilines is 1. The first-order valence-electron chi connectivity index (χ1n) is 7.12. The lowest BCUT2D eigenvalue weighted by molar-refractivity contribution is -0.140. The Morgan fingerprint density at radius 1 is 1.24 bits per heavy atom. The number of nitrogens with zero attached hydrogens (tertiary/aromatic N) is 1. The van der Waals surface area contributed by atoms with E-state index in [0.29, 0.717) is 10.8 Å². The normalized spacial score (nSPS) is 17.2. The molecule has 1 aliphatic rings. The lowest BCUT2D eigenvalue weighted by Crippen LogP contribution is -2.32. The Bertz CT molecular complexity index is 510. The predicted octanol–water partition coefficient (Wildman–Crippen LogP) is 3.49. The molecular weight excluding hydrogens is 292 g/mol. The third kappa shape index (κ3) is 4.70. The van der Waals surface area contributed by atoms with Crippen LogP contribution in [0, 0.1) is 5.41 Å². The number of nitrogens with one attached hydrogen (secondary N) is 1. The van der Waals surface area contributed by atoms with Crippen molar-refractivity contribution in [2.24, 2.45) is 5.41 Å². The number of aromatic nitrogens is 1. The van der Waals surface area contributed by atoms with Crippen molar-refractivity contribution in [2.45, 2.75) is 44.9 Å². The molecule has 1 heterocycles. The zero-order valence-corrected chi connectivity index (χ0v) is 12.5. The fourth-order valence-electron chi connectivity index (χ4n) is 3.03. The van der Waals surface area contributed by atoms with Gasteiger partial charge in [-0.1, -0.05) is 30.9 Å². The van der Waals surface area contributed by atoms with Crippen molar-refractivity contribution in [3.63, 3.8) is 0 Å². The van der Waals surface area contributed by atoms with Crippen LogP contribution in [0.2, 0.25) is 5.15 Å². The highest BCUT2D eigenvalue weighted by Gasteiger charge is 2.36. The average molecular weight is 311 g/mol. The molecule has 6 heteroatoms. The first kappa shape index (κ1) is 15.8. The Balaban J connectivity index is 2.00. The van der Waals surface area contributed by atoms with Gasteiger partial charge >= 0.3 is 5.97 Å². The first-order valence-corrected chi connectivity index (χ1v) is 7.50. The molecule has 0 unspecified atom stereocenters. The summed E-state index contributed by atoms with van der Waals surface area (Å²) >= 11 is 5.69. The highest BCUT2D eigenvalue weighted by atomic mass is 35.5. The minimum atomic E-state index is -0.835. The van der Waals surface area contributed by atoms with E-state index in [9.17, 15) is 9.59 Å². The zero-order chi connectivity index (χ0) is 15.3. The number of carboxylic acids is 1. The topological polar surface area (TPSA) is 79.3 Å². The van der Waals surface area contributed by atoms with Gasteiger partial charge in [-0.15, -0.1) is 0 Å². The molecule has 1 aromatic rings. The van der Waals surface area contributed by atoms with Gasteiger partial charge < -0.3 is 10.4 Å². The van der Waals surface area contributed by atoms with Gasteiger partial charge in [0.1, 0.15) is 5.15 Å². The molecule has 0 bridgehead atoms. The van der Waals surface area contributed by atoms with Gasteiger partial charge in [-0.25, -0.2) is 4.98 Å². The molecule has 5 nitrogen and oxygen atoms in total. The van der Waals surface area contributed by atoms with E-state index in [1.54, 1.807) is 12.1 Å². The third-order valence-corrected chi connectivity index (χ3v) is 4.21. The summed E-state index contributed by atoms with van der Waals surface area (Å²) in [5.41, 5.74) is 0.166. The lowest BCUT2D eigenvalue weighted by atomic mass is 9.69. The molecular formula is C15H19ClN2O3. The Labute approximate surface area is 128 Å². The molecule has 1 aromatic heterocycles. The maximum atomic E-state index is 12.2. The van der Waals surface area contributed by atoms with Crippen molar-refractivity contribution in [1.29, 1.82) is 0 Å². The second-order valence-corrected chi connectivity index (χ2v) is 6.11. The van der Waals surface area contributed by atoms with Gasteiger partial charge in [-0.2, -0.15) is 0 Å². The summed E-state index contributed by atoms with van der Waals surface area (Å²) in [6.45, 7) is 0. The number of carboxylic acid groups (broad SMARTS) is 1. The van der Waals surface area contributed by atoms with Crippen molar-refractivity contribution < 1.29 is 14.7 Å². The van der Waals surface area contributed by atoms with Crippen LogP contribution in [0.25, 0.3) is 0 Å². The van der Waals surface area contributed by atoms with Gasteiger partial charge in [0, 0.05) is 6.42 Å². The van der Waals surface area contributed by atoms with Crippen LogP contribution in [-0.2, 0) is 9.59 Å². The van der Waals surface area contributed by atoms with Crippen LogP contribution in [0.1, 0.15) is 44.9 Å². The van der Waals surface area contributed by atoms with E-state index in [0.717, 1.165) is 32.1 Å². The zero-order valence-electron chi connectivity index (χ0n) is 11.8. The minimum Gasteiger partial charge on any atom is -0.481 e. The SMILES string of the molecule is O=C(O)CC1(CC(=O)Nc2ccc(Cl)nc2)CCCCC1. The summed E-state index contributed by atoms with van der Waals surface area (Å²) in [6.07, 6.45) is 6.47. The minimum absolute atomic E-state index is 0.0548. The van der Waals surface area contributed by atoms with Crippen LogP contribution in [0.15, 0.2) is 18.3 Å². The molecule has 21 heavy (non-hydrogen) atoms. The highest BCUT2D eigenvalue weighted by molar-refractivity contribution is 6.29. The van der Waals surface area contributed by atoms with Gasteiger partial charge in [-0.05, 0) is 30.4 Å². The molecule has 0 atom stereocenters. The number of hydrogen-bond acceptors (Lipinski definition) is 3. The Morgan fingerprint density at radius 3 is 2.52 bits per heavy atom. The van der Waals surface area contributed by atoms with E-state index in [1.807, 2.05) is 0 Å². The van der Waals surface area contributed by atoms with Crippen LogP contribution in [0.4, 0.5) is 5.69 Å². The van der Waals surface area contributed by atoms with Crippen molar-refractivity contribution in [3.05, 3.63) is 23.5 Å². The molecule has 0 aromatic carbocycles. The number of carbonyl (C=O) groups is 2. The molecule has 1 amide bonds. The van der Waals surface area contributed by atoms with E-state index in [1.165, 1.54) is 6.20 Å². The van der Waals surface area contributed by atoms with Gasteiger partial charge in [0.2, 0.25) is 5.91 Å². The van der Waals surface area contributed by atoms with Crippen LogP contribution >= 0.6 is 11.6 Å². The Morgan fingerprint density at radius 2 is 1.95 bits per heavy atom. The molecule has 0 aliphatic heterocycles. The summed E-state index contributed by atoms with van der Waals surface area (Å²) in [7, 11) is 0. The largest absolute Gasteiger partial charge is 0.481 e. The summed E-state index contributed by atoms with van der Waals surface area (Å²) in [4.78, 5) is 27.2. The van der Waals surface area contributed by atoms with Crippen molar-refractivity contribution in [2.75, 3.05) is 5.32 Å². The molecule has 1 fully saturated rings. The fourth-order valence-corrected chi connectivity index (χ4v) is 3.15. The summed E-state index contributed by atoms with van der Waals surface area (Å²) < 4.78 is 0. The molecule has 114 valence electrons. The van der Waals surface area contributed by atoms with Crippen molar-refractivity contribution >= 4 is 29.2 Å². The van der Waals surface area contributed by atoms with Crippen LogP contribution in [-0.4, -0.2) is 22.0 Å². The number of rotatable bonds is 5. The van der Waals surface area contributed by atoms with Gasteiger partial charge in [-0.3, -0.25) is 9.59 Å². The predicted molar refractivity (Wildman–Crippen MR) is 80.3 cm³/mol. The smallest absolute Gasteiger partial charge is 0.303 e.